The summed E-state index contributed by atoms with van der Waals surface area (Å²) in [5, 5.41) is 9.92. The van der Waals surface area contributed by atoms with Crippen LogP contribution in [-0.2, 0) is 14.3 Å². The molecular weight excluding hydrogens is 172 g/mol. The van der Waals surface area contributed by atoms with E-state index in [1.165, 1.54) is 6.08 Å². The van der Waals surface area contributed by atoms with E-state index in [0.717, 1.165) is 0 Å². The molecule has 1 aliphatic rings. The average Bonchev–Trinajstić information content (AvgIpc) is 2.10. The minimum Gasteiger partial charge on any atom is -0.550 e. The van der Waals surface area contributed by atoms with E-state index in [2.05, 4.69) is 4.74 Å². The van der Waals surface area contributed by atoms with E-state index in [9.17, 15) is 14.7 Å². The van der Waals surface area contributed by atoms with Gasteiger partial charge in [0.25, 0.3) is 0 Å². The molecule has 1 heterocycles. The van der Waals surface area contributed by atoms with Gasteiger partial charge < -0.3 is 14.6 Å². The summed E-state index contributed by atoms with van der Waals surface area (Å²) in [4.78, 5) is 20.5. The molecule has 0 unspecified atom stereocenters. The Balaban J connectivity index is 2.54. The number of carbonyl (C=O) groups is 2. The fourth-order valence-corrected chi connectivity index (χ4v) is 0.909. The van der Waals surface area contributed by atoms with Crippen molar-refractivity contribution in [3.8, 4) is 0 Å². The number of rotatable bonds is 2. The summed E-state index contributed by atoms with van der Waals surface area (Å²) in [7, 11) is 0. The highest BCUT2D eigenvalue weighted by Gasteiger charge is 2.23. The van der Waals surface area contributed by atoms with Crippen molar-refractivity contribution in [2.24, 2.45) is 0 Å². The first-order valence-corrected chi connectivity index (χ1v) is 3.25. The molecule has 1 atom stereocenters. The monoisotopic (exact) mass is 175 g/mol. The van der Waals surface area contributed by atoms with Gasteiger partial charge >= 0.3 is 5.97 Å². The number of carboxylic acids is 1. The van der Waals surface area contributed by atoms with Crippen molar-refractivity contribution in [1.82, 2.24) is 0 Å². The van der Waals surface area contributed by atoms with Gasteiger partial charge in [0, 0.05) is 12.4 Å². The summed E-state index contributed by atoms with van der Waals surface area (Å²) in [6.07, 6.45) is 0.141. The minimum atomic E-state index is -1.27. The largest absolute Gasteiger partial charge is 0.550 e. The van der Waals surface area contributed by atoms with Crippen molar-refractivity contribution in [3.63, 3.8) is 0 Å². The number of cyclic esters (lactones) is 1. The van der Waals surface area contributed by atoms with Crippen molar-refractivity contribution in [1.29, 1.82) is 0 Å². The second-order valence-corrected chi connectivity index (χ2v) is 2.44. The van der Waals surface area contributed by atoms with E-state index in [0.29, 0.717) is 0 Å². The number of ether oxygens (including phenoxy) is 1. The molecule has 5 heteroatoms. The molecular formula is C6H4ClO4-. The zero-order valence-corrected chi connectivity index (χ0v) is 6.13. The van der Waals surface area contributed by atoms with Crippen LogP contribution in [-0.4, -0.2) is 18.0 Å². The number of aliphatic carboxylic acids is 1. The van der Waals surface area contributed by atoms with E-state index in [4.69, 9.17) is 11.6 Å². The standard InChI is InChI=1S/C6H5ClO4/c7-4-1-3(2-5(8)9)11-6(4)10/h1,3H,2H2,(H,8,9)/p-1/t3-/m1/s1. The zero-order chi connectivity index (χ0) is 8.43. The number of esters is 1. The molecule has 0 N–H and O–H groups in total. The van der Waals surface area contributed by atoms with Crippen LogP contribution in [0.2, 0.25) is 0 Å². The van der Waals surface area contributed by atoms with Gasteiger partial charge in [0.05, 0.1) is 0 Å². The zero-order valence-electron chi connectivity index (χ0n) is 5.37. The topological polar surface area (TPSA) is 66.4 Å². The second-order valence-electron chi connectivity index (χ2n) is 2.03. The summed E-state index contributed by atoms with van der Waals surface area (Å²) in [5.74, 6) is -1.96. The fourth-order valence-electron chi connectivity index (χ4n) is 0.724. The van der Waals surface area contributed by atoms with Gasteiger partial charge in [0.15, 0.2) is 0 Å². The average molecular weight is 176 g/mol. The number of hydrogen-bond donors (Lipinski definition) is 0. The molecule has 0 spiro atoms. The number of carboxylic acid groups (broad SMARTS) is 1. The van der Waals surface area contributed by atoms with Gasteiger partial charge in [-0.25, -0.2) is 4.79 Å². The van der Waals surface area contributed by atoms with Crippen LogP contribution in [0.1, 0.15) is 6.42 Å². The first-order valence-electron chi connectivity index (χ1n) is 2.87. The quantitative estimate of drug-likeness (QED) is 0.514. The van der Waals surface area contributed by atoms with Crippen molar-refractivity contribution in [3.05, 3.63) is 11.1 Å². The van der Waals surface area contributed by atoms with Gasteiger partial charge in [0.1, 0.15) is 11.1 Å². The maximum Gasteiger partial charge on any atom is 0.350 e. The molecule has 0 aromatic carbocycles. The highest BCUT2D eigenvalue weighted by atomic mass is 35.5. The van der Waals surface area contributed by atoms with Gasteiger partial charge in [-0.1, -0.05) is 11.6 Å². The lowest BCUT2D eigenvalue weighted by molar-refractivity contribution is -0.306. The molecule has 4 nitrogen and oxygen atoms in total. The van der Waals surface area contributed by atoms with Crippen LogP contribution in [0.3, 0.4) is 0 Å². The Morgan fingerprint density at radius 1 is 1.82 bits per heavy atom. The summed E-state index contributed by atoms with van der Waals surface area (Å²) in [5.41, 5.74) is 0. The Morgan fingerprint density at radius 2 is 2.45 bits per heavy atom. The van der Waals surface area contributed by atoms with Crippen LogP contribution in [0.15, 0.2) is 11.1 Å². The molecule has 0 amide bonds. The SMILES string of the molecule is O=C([O-])C[C@H]1C=C(Cl)C(=O)O1. The Hall–Kier alpha value is -1.03. The Labute approximate surface area is 67.4 Å². The van der Waals surface area contributed by atoms with E-state index in [1.807, 2.05) is 0 Å². The summed E-state index contributed by atoms with van der Waals surface area (Å²) in [6, 6.07) is 0. The highest BCUT2D eigenvalue weighted by molar-refractivity contribution is 6.41. The maximum absolute atomic E-state index is 10.5. The van der Waals surface area contributed by atoms with Crippen molar-refractivity contribution < 1.29 is 19.4 Å². The molecule has 0 saturated heterocycles. The van der Waals surface area contributed by atoms with Gasteiger partial charge in [-0.2, -0.15) is 0 Å². The molecule has 0 bridgehead atoms. The normalized spacial score (nSPS) is 22.8. The van der Waals surface area contributed by atoms with Crippen LogP contribution in [0.25, 0.3) is 0 Å². The van der Waals surface area contributed by atoms with Crippen LogP contribution < -0.4 is 5.11 Å². The number of halogens is 1. The lowest BCUT2D eigenvalue weighted by atomic mass is 10.2. The van der Waals surface area contributed by atoms with Gasteiger partial charge in [0.2, 0.25) is 0 Å². The molecule has 0 aliphatic carbocycles. The predicted molar refractivity (Wildman–Crippen MR) is 33.4 cm³/mol. The third-order valence-corrected chi connectivity index (χ3v) is 1.43. The van der Waals surface area contributed by atoms with Gasteiger partial charge in [-0.05, 0) is 6.08 Å². The van der Waals surface area contributed by atoms with Crippen LogP contribution in [0.4, 0.5) is 0 Å². The van der Waals surface area contributed by atoms with E-state index >= 15 is 0 Å². The third kappa shape index (κ3) is 1.94. The molecule has 60 valence electrons. The summed E-state index contributed by atoms with van der Waals surface area (Å²) >= 11 is 5.31. The number of carbonyl (C=O) groups excluding carboxylic acids is 2. The Morgan fingerprint density at radius 3 is 2.82 bits per heavy atom. The molecule has 0 aromatic heterocycles. The maximum atomic E-state index is 10.5. The predicted octanol–water partition coefficient (Wildman–Crippen LogP) is -0.826. The van der Waals surface area contributed by atoms with Crippen LogP contribution >= 0.6 is 11.6 Å². The van der Waals surface area contributed by atoms with Gasteiger partial charge in [-0.3, -0.25) is 0 Å². The van der Waals surface area contributed by atoms with E-state index < -0.39 is 18.0 Å². The minimum absolute atomic E-state index is 0.0729. The van der Waals surface area contributed by atoms with Gasteiger partial charge in [-0.15, -0.1) is 0 Å². The lowest BCUT2D eigenvalue weighted by Crippen LogP contribution is -2.27. The van der Waals surface area contributed by atoms with Crippen molar-refractivity contribution in [2.75, 3.05) is 0 Å². The summed E-state index contributed by atoms with van der Waals surface area (Å²) < 4.78 is 4.50. The molecule has 0 saturated carbocycles. The van der Waals surface area contributed by atoms with E-state index in [-0.39, 0.29) is 11.5 Å². The fraction of sp³-hybridized carbons (Fsp3) is 0.333. The molecule has 1 aliphatic heterocycles. The highest BCUT2D eigenvalue weighted by Crippen LogP contribution is 2.18. The lowest BCUT2D eigenvalue weighted by Gasteiger charge is -2.07. The van der Waals surface area contributed by atoms with Crippen LogP contribution in [0, 0.1) is 0 Å². The first kappa shape index (κ1) is 8.07. The molecule has 1 rings (SSSR count). The summed E-state index contributed by atoms with van der Waals surface area (Å²) in [6.45, 7) is 0. The van der Waals surface area contributed by atoms with Crippen molar-refractivity contribution >= 4 is 23.5 Å². The first-order chi connectivity index (χ1) is 5.09. The third-order valence-electron chi connectivity index (χ3n) is 1.15. The Bertz CT molecular complexity index is 233. The molecule has 0 aromatic rings. The molecule has 0 radical (unpaired) electrons. The second kappa shape index (κ2) is 2.92. The molecule has 11 heavy (non-hydrogen) atoms. The van der Waals surface area contributed by atoms with Crippen LogP contribution in [0.5, 0.6) is 0 Å². The smallest absolute Gasteiger partial charge is 0.350 e. The van der Waals surface area contributed by atoms with Crippen molar-refractivity contribution in [2.45, 2.75) is 12.5 Å². The van der Waals surface area contributed by atoms with E-state index in [1.54, 1.807) is 0 Å². The number of hydrogen-bond acceptors (Lipinski definition) is 4. The Kier molecular flexibility index (Phi) is 2.14. The molecule has 0 fully saturated rings.